The van der Waals surface area contributed by atoms with Crippen molar-refractivity contribution in [3.05, 3.63) is 83.9 Å². The molecular formula is C68H110N2O13P+. The van der Waals surface area contributed by atoms with Gasteiger partial charge in [0.25, 0.3) is 0 Å². The molecule has 0 spiro atoms. The summed E-state index contributed by atoms with van der Waals surface area (Å²) in [5.74, 6) is -1.82. The zero-order valence-corrected chi connectivity index (χ0v) is 54.9. The highest BCUT2D eigenvalue weighted by atomic mass is 31.2. The van der Waals surface area contributed by atoms with E-state index >= 15 is 0 Å². The molecule has 3 fully saturated rings. The van der Waals surface area contributed by atoms with Crippen molar-refractivity contribution in [1.82, 2.24) is 9.80 Å². The lowest BCUT2D eigenvalue weighted by Crippen LogP contribution is -2.60. The molecule has 0 saturated carbocycles. The number of aryl methyl sites for hydroxylation is 2. The molecule has 0 aromatic heterocycles. The van der Waals surface area contributed by atoms with Crippen LogP contribution in [0.25, 0.3) is 0 Å². The zero-order valence-electron chi connectivity index (χ0n) is 54.0. The summed E-state index contributed by atoms with van der Waals surface area (Å²) in [7, 11) is 5.08. The summed E-state index contributed by atoms with van der Waals surface area (Å²) in [6, 6.07) is 26.3. The molecule has 0 radical (unpaired) electrons. The standard InChI is InChI=1S/C68H110N2O13P/c1-17-57-68(12,76)61(72)50(8)70(38-24-22-20-18-19-21-23-25-39-84(53-32-26-44(2)27-33-53,54-34-28-45(3)29-35-54)55-36-30-52(77-15)31-37-55)43-46(4)41-66(10,75)63(83-65-59(71)56(69(13)14)40-47(5)79-65)48(6)60(49(7)64(74)81-57)82-58-42-67(11,78-16)62(73)51(9)80-58/h26-37,46-51,56-63,65,71-73,75-76H,17-25,38-43H2,1-16H3/q+1/t46-,47-,48+,49-,50-,51+,56+,57-,58+,59-,60+,61-,62+,63-,65+,66-,67-,68-/m1/s1. The molecule has 5 N–H and O–H groups in total. The Morgan fingerprint density at radius 2 is 1.25 bits per heavy atom. The van der Waals surface area contributed by atoms with Crippen LogP contribution in [-0.4, -0.2) is 179 Å². The number of methoxy groups -OCH3 is 2. The van der Waals surface area contributed by atoms with Gasteiger partial charge in [-0.25, -0.2) is 0 Å². The minimum absolute atomic E-state index is 0.122. The molecule has 16 heteroatoms. The summed E-state index contributed by atoms with van der Waals surface area (Å²) in [6.07, 6.45) is 1.12. The second-order valence-corrected chi connectivity index (χ2v) is 30.1. The number of carbonyl (C=O) groups is 1. The summed E-state index contributed by atoms with van der Waals surface area (Å²) in [6.45, 7) is 23.5. The normalized spacial score (nSPS) is 35.3. The van der Waals surface area contributed by atoms with E-state index in [9.17, 15) is 30.3 Å². The summed E-state index contributed by atoms with van der Waals surface area (Å²) in [4.78, 5) is 18.9. The number of esters is 1. The van der Waals surface area contributed by atoms with Crippen LogP contribution < -0.4 is 20.7 Å². The fourth-order valence-corrected chi connectivity index (χ4v) is 18.2. The van der Waals surface area contributed by atoms with Gasteiger partial charge in [0, 0.05) is 38.1 Å². The average Bonchev–Trinajstić information content (AvgIpc) is 1.23. The van der Waals surface area contributed by atoms with Gasteiger partial charge < -0.3 is 63.6 Å². The van der Waals surface area contributed by atoms with E-state index in [1.807, 2.05) is 46.7 Å². The first-order valence-corrected chi connectivity index (χ1v) is 33.5. The Kier molecular flexibility index (Phi) is 25.7. The van der Waals surface area contributed by atoms with Gasteiger partial charge in [-0.1, -0.05) is 88.3 Å². The number of carbonyl (C=O) groups excluding carboxylic acids is 1. The fraction of sp³-hybridized carbons (Fsp3) is 0.721. The number of unbranched alkanes of at least 4 members (excludes halogenated alkanes) is 7. The lowest BCUT2D eigenvalue weighted by Gasteiger charge is -2.48. The third kappa shape index (κ3) is 17.0. The van der Waals surface area contributed by atoms with Gasteiger partial charge in [-0.3, -0.25) is 9.69 Å². The summed E-state index contributed by atoms with van der Waals surface area (Å²) < 4.78 is 44.2. The molecule has 84 heavy (non-hydrogen) atoms. The molecule has 0 amide bonds. The largest absolute Gasteiger partial charge is 0.497 e. The van der Waals surface area contributed by atoms with Crippen LogP contribution in [0.5, 0.6) is 5.75 Å². The van der Waals surface area contributed by atoms with E-state index < -0.39 is 103 Å². The Morgan fingerprint density at radius 3 is 1.77 bits per heavy atom. The highest BCUT2D eigenvalue weighted by Crippen LogP contribution is 2.56. The summed E-state index contributed by atoms with van der Waals surface area (Å²) in [5, 5.41) is 65.0. The lowest BCUT2D eigenvalue weighted by molar-refractivity contribution is -0.318. The van der Waals surface area contributed by atoms with Crippen molar-refractivity contribution in [2.45, 2.75) is 250 Å². The maximum Gasteiger partial charge on any atom is 0.311 e. The van der Waals surface area contributed by atoms with Gasteiger partial charge in [0.1, 0.15) is 58.9 Å². The van der Waals surface area contributed by atoms with Crippen LogP contribution >= 0.6 is 7.26 Å². The Labute approximate surface area is 505 Å². The van der Waals surface area contributed by atoms with Crippen molar-refractivity contribution < 1.29 is 63.5 Å². The molecule has 474 valence electrons. The molecule has 18 atom stereocenters. The molecule has 3 aromatic rings. The molecule has 0 bridgehead atoms. The Morgan fingerprint density at radius 1 is 0.714 bits per heavy atom. The van der Waals surface area contributed by atoms with E-state index in [4.69, 9.17) is 33.2 Å². The minimum atomic E-state index is -1.98. The van der Waals surface area contributed by atoms with Crippen LogP contribution in [0.15, 0.2) is 72.8 Å². The summed E-state index contributed by atoms with van der Waals surface area (Å²) in [5.41, 5.74) is -2.00. The summed E-state index contributed by atoms with van der Waals surface area (Å²) >= 11 is 0. The topological polar surface area (TPSA) is 189 Å². The number of hydrogen-bond acceptors (Lipinski definition) is 15. The van der Waals surface area contributed by atoms with Crippen molar-refractivity contribution in [2.24, 2.45) is 17.8 Å². The molecule has 15 nitrogen and oxygen atoms in total. The number of cyclic esters (lactones) is 1. The van der Waals surface area contributed by atoms with Crippen molar-refractivity contribution in [2.75, 3.05) is 47.6 Å². The van der Waals surface area contributed by atoms with Crippen molar-refractivity contribution in [3.63, 3.8) is 0 Å². The van der Waals surface area contributed by atoms with Crippen LogP contribution in [0.2, 0.25) is 0 Å². The fourth-order valence-electron chi connectivity index (χ4n) is 13.9. The number of nitrogens with zero attached hydrogens (tertiary/aromatic N) is 2. The maximum atomic E-state index is 14.7. The number of benzene rings is 3. The van der Waals surface area contributed by atoms with E-state index in [2.05, 4.69) is 98.5 Å². The zero-order chi connectivity index (χ0) is 61.9. The third-order valence-corrected chi connectivity index (χ3v) is 23.7. The quantitative estimate of drug-likeness (QED) is 0.0364. The van der Waals surface area contributed by atoms with Gasteiger partial charge in [0.05, 0.1) is 54.8 Å². The first kappa shape index (κ1) is 70.0. The molecule has 3 saturated heterocycles. The van der Waals surface area contributed by atoms with Crippen molar-refractivity contribution in [3.8, 4) is 5.75 Å². The molecule has 3 aromatic carbocycles. The number of rotatable bonds is 22. The second-order valence-electron chi connectivity index (χ2n) is 26.5. The maximum absolute atomic E-state index is 14.7. The number of hydrogen-bond donors (Lipinski definition) is 5. The molecule has 3 aliphatic heterocycles. The highest BCUT2D eigenvalue weighted by Gasteiger charge is 2.53. The van der Waals surface area contributed by atoms with Crippen molar-refractivity contribution >= 4 is 29.1 Å². The Balaban J connectivity index is 1.19. The molecule has 3 aliphatic rings. The minimum Gasteiger partial charge on any atom is -0.497 e. The first-order valence-electron chi connectivity index (χ1n) is 31.6. The lowest BCUT2D eigenvalue weighted by atomic mass is 9.77. The smallest absolute Gasteiger partial charge is 0.311 e. The van der Waals surface area contributed by atoms with Crippen molar-refractivity contribution in [1.29, 1.82) is 0 Å². The molecular weight excluding hydrogens is 1080 g/mol. The van der Waals surface area contributed by atoms with E-state index in [0.717, 1.165) is 63.3 Å². The molecule has 6 rings (SSSR count). The van der Waals surface area contributed by atoms with E-state index in [1.54, 1.807) is 41.7 Å². The van der Waals surface area contributed by atoms with Crippen LogP contribution in [0.4, 0.5) is 0 Å². The van der Waals surface area contributed by atoms with Crippen LogP contribution in [0, 0.1) is 31.6 Å². The first-order chi connectivity index (χ1) is 39.6. The SMILES string of the molecule is CC[C@H]1OC(=O)[C@H](C)[C@@H](O[C@H]2C[C@@](C)(OC)[C@@H](O)[C@H](C)O2)[C@H](C)[C@@H](O[C@@H]2O[C@H](C)C[C@H](N(C)C)[C@H]2O)[C@](C)(O)C[C@@H](C)CN(CCCCCCCCCC[P+](c2ccc(C)cc2)(c2ccc(C)cc2)c2ccc(OC)cc2)[C@H](C)[C@@H](O)[C@]1(C)O. The number of likely N-dealkylation sites (N-methyl/N-ethyl adjacent to an activating group) is 1. The van der Waals surface area contributed by atoms with E-state index in [0.29, 0.717) is 19.5 Å². The van der Waals surface area contributed by atoms with Gasteiger partial charge in [0.15, 0.2) is 12.6 Å². The van der Waals surface area contributed by atoms with E-state index in [1.165, 1.54) is 34.2 Å². The van der Waals surface area contributed by atoms with Gasteiger partial charge in [-0.2, -0.15) is 0 Å². The second kappa shape index (κ2) is 30.9. The van der Waals surface area contributed by atoms with Gasteiger partial charge in [-0.05, 0) is 176 Å². The number of aliphatic hydroxyl groups is 5. The van der Waals surface area contributed by atoms with Gasteiger partial charge in [-0.15, -0.1) is 0 Å². The van der Waals surface area contributed by atoms with Crippen LogP contribution in [0.1, 0.15) is 157 Å². The Bertz CT molecular complexity index is 2400. The predicted octanol–water partition coefficient (Wildman–Crippen LogP) is 9.01. The van der Waals surface area contributed by atoms with Gasteiger partial charge in [0.2, 0.25) is 0 Å². The molecule has 0 aliphatic carbocycles. The predicted molar refractivity (Wildman–Crippen MR) is 336 cm³/mol. The van der Waals surface area contributed by atoms with Crippen LogP contribution in [-0.2, 0) is 33.2 Å². The number of aliphatic hydroxyl groups excluding tert-OH is 3. The third-order valence-electron chi connectivity index (χ3n) is 19.2. The van der Waals surface area contributed by atoms with Crippen LogP contribution in [0.3, 0.4) is 0 Å². The molecule has 0 unspecified atom stereocenters. The highest BCUT2D eigenvalue weighted by molar-refractivity contribution is 7.95. The van der Waals surface area contributed by atoms with E-state index in [-0.39, 0.29) is 37.3 Å². The van der Waals surface area contributed by atoms with Gasteiger partial charge >= 0.3 is 5.97 Å². The average molecular weight is 1190 g/mol. The molecule has 3 heterocycles. The monoisotopic (exact) mass is 1190 g/mol. The Hall–Kier alpha value is -3.12. The number of ether oxygens (including phenoxy) is 7.